The number of nitrogens with one attached hydrogen (secondary N) is 1. The van der Waals surface area contributed by atoms with Gasteiger partial charge in [-0.2, -0.15) is 0 Å². The minimum absolute atomic E-state index is 0.0118. The average molecular weight is 285 g/mol. The van der Waals surface area contributed by atoms with E-state index in [0.29, 0.717) is 6.42 Å². The molecule has 7 nitrogen and oxygen atoms in total. The van der Waals surface area contributed by atoms with Crippen LogP contribution in [-0.2, 0) is 9.59 Å². The number of carbonyl (C=O) groups excluding carboxylic acids is 2. The lowest BCUT2D eigenvalue weighted by Crippen LogP contribution is -2.46. The Hall–Kier alpha value is -1.79. The van der Waals surface area contributed by atoms with Crippen molar-refractivity contribution in [1.29, 1.82) is 0 Å². The molecule has 1 heterocycles. The number of urea groups is 1. The lowest BCUT2D eigenvalue weighted by molar-refractivity contribution is -0.137. The van der Waals surface area contributed by atoms with Gasteiger partial charge in [0.15, 0.2) is 0 Å². The fourth-order valence-corrected chi connectivity index (χ4v) is 2.07. The van der Waals surface area contributed by atoms with Gasteiger partial charge >= 0.3 is 12.0 Å². The molecular formula is C13H23N3O4. The normalized spacial score (nSPS) is 15.8. The number of likely N-dealkylation sites (N-methyl/N-ethyl adjacent to an activating group) is 1. The Morgan fingerprint density at radius 3 is 2.45 bits per heavy atom. The highest BCUT2D eigenvalue weighted by Gasteiger charge is 2.21. The highest BCUT2D eigenvalue weighted by atomic mass is 16.4. The molecule has 3 amide bonds. The Kier molecular flexibility index (Phi) is 6.27. The first-order chi connectivity index (χ1) is 9.40. The van der Waals surface area contributed by atoms with Gasteiger partial charge in [-0.25, -0.2) is 4.79 Å². The first-order valence-corrected chi connectivity index (χ1v) is 6.91. The van der Waals surface area contributed by atoms with Gasteiger partial charge in [0.05, 0.1) is 0 Å². The van der Waals surface area contributed by atoms with Crippen LogP contribution in [0.1, 0.15) is 32.6 Å². The Morgan fingerprint density at radius 1 is 1.30 bits per heavy atom. The number of aliphatic carboxylic acids is 1. The van der Waals surface area contributed by atoms with Crippen LogP contribution in [0.4, 0.5) is 4.79 Å². The minimum atomic E-state index is -0.885. The van der Waals surface area contributed by atoms with E-state index in [4.69, 9.17) is 5.11 Å². The predicted octanol–water partition coefficient (Wildman–Crippen LogP) is 0.504. The predicted molar refractivity (Wildman–Crippen MR) is 73.3 cm³/mol. The van der Waals surface area contributed by atoms with E-state index in [1.165, 1.54) is 4.90 Å². The van der Waals surface area contributed by atoms with Crippen molar-refractivity contribution in [3.05, 3.63) is 0 Å². The molecule has 1 fully saturated rings. The number of carboxylic acids is 1. The SMILES string of the molecule is CC(CCC(=O)O)NC(=O)N(C)CC(=O)N1CCCC1. The maximum atomic E-state index is 11.9. The maximum absolute atomic E-state index is 11.9. The van der Waals surface area contributed by atoms with Gasteiger partial charge in [0.25, 0.3) is 0 Å². The molecule has 0 bridgehead atoms. The lowest BCUT2D eigenvalue weighted by atomic mass is 10.2. The number of amides is 3. The lowest BCUT2D eigenvalue weighted by Gasteiger charge is -2.23. The van der Waals surface area contributed by atoms with Crippen molar-refractivity contribution < 1.29 is 19.5 Å². The van der Waals surface area contributed by atoms with E-state index >= 15 is 0 Å². The number of carboxylic acid groups (broad SMARTS) is 1. The number of rotatable bonds is 6. The summed E-state index contributed by atoms with van der Waals surface area (Å²) in [4.78, 5) is 37.3. The van der Waals surface area contributed by atoms with Crippen molar-refractivity contribution >= 4 is 17.9 Å². The molecule has 1 aliphatic rings. The third-order valence-corrected chi connectivity index (χ3v) is 3.34. The molecule has 1 saturated heterocycles. The summed E-state index contributed by atoms with van der Waals surface area (Å²) in [5.74, 6) is -0.929. The van der Waals surface area contributed by atoms with Crippen molar-refractivity contribution in [2.75, 3.05) is 26.7 Å². The molecule has 1 atom stereocenters. The van der Waals surface area contributed by atoms with Crippen LogP contribution in [-0.4, -0.2) is 65.5 Å². The zero-order valence-corrected chi connectivity index (χ0v) is 12.1. The molecule has 0 aromatic carbocycles. The molecule has 0 aromatic rings. The van der Waals surface area contributed by atoms with Crippen LogP contribution in [0, 0.1) is 0 Å². The second-order valence-electron chi connectivity index (χ2n) is 5.23. The number of likely N-dealkylation sites (tertiary alicyclic amines) is 1. The van der Waals surface area contributed by atoms with E-state index in [0.717, 1.165) is 25.9 Å². The van der Waals surface area contributed by atoms with E-state index in [-0.39, 0.29) is 30.9 Å². The summed E-state index contributed by atoms with van der Waals surface area (Å²) in [6.07, 6.45) is 2.43. The van der Waals surface area contributed by atoms with Crippen LogP contribution in [0.15, 0.2) is 0 Å². The molecule has 0 spiro atoms. The highest BCUT2D eigenvalue weighted by Crippen LogP contribution is 2.07. The van der Waals surface area contributed by atoms with Gasteiger partial charge in [0, 0.05) is 32.6 Å². The summed E-state index contributed by atoms with van der Waals surface area (Å²) in [7, 11) is 1.56. The summed E-state index contributed by atoms with van der Waals surface area (Å²) in [6.45, 7) is 3.33. The van der Waals surface area contributed by atoms with Crippen molar-refractivity contribution in [3.8, 4) is 0 Å². The summed E-state index contributed by atoms with van der Waals surface area (Å²) >= 11 is 0. The zero-order chi connectivity index (χ0) is 15.1. The molecule has 0 aliphatic carbocycles. The number of carbonyl (C=O) groups is 3. The van der Waals surface area contributed by atoms with Crippen molar-refractivity contribution in [3.63, 3.8) is 0 Å². The molecule has 0 radical (unpaired) electrons. The van der Waals surface area contributed by atoms with E-state index < -0.39 is 5.97 Å². The van der Waals surface area contributed by atoms with Gasteiger partial charge in [0.2, 0.25) is 5.91 Å². The Bertz CT molecular complexity index is 367. The largest absolute Gasteiger partial charge is 0.481 e. The second-order valence-corrected chi connectivity index (χ2v) is 5.23. The second kappa shape index (κ2) is 7.72. The third-order valence-electron chi connectivity index (χ3n) is 3.34. The van der Waals surface area contributed by atoms with Gasteiger partial charge in [-0.3, -0.25) is 9.59 Å². The standard InChI is InChI=1S/C13H23N3O4/c1-10(5-6-12(18)19)14-13(20)15(2)9-11(17)16-7-3-4-8-16/h10H,3-9H2,1-2H3,(H,14,20)(H,18,19). The van der Waals surface area contributed by atoms with Crippen LogP contribution >= 0.6 is 0 Å². The van der Waals surface area contributed by atoms with Gasteiger partial charge in [0.1, 0.15) is 6.54 Å². The summed E-state index contributed by atoms with van der Waals surface area (Å²) in [5.41, 5.74) is 0. The quantitative estimate of drug-likeness (QED) is 0.743. The molecule has 1 unspecified atom stereocenters. The van der Waals surface area contributed by atoms with Crippen molar-refractivity contribution in [2.24, 2.45) is 0 Å². The molecule has 114 valence electrons. The fourth-order valence-electron chi connectivity index (χ4n) is 2.07. The fraction of sp³-hybridized carbons (Fsp3) is 0.769. The van der Waals surface area contributed by atoms with E-state index in [2.05, 4.69) is 5.32 Å². The van der Waals surface area contributed by atoms with E-state index in [9.17, 15) is 14.4 Å². The van der Waals surface area contributed by atoms with Crippen molar-refractivity contribution in [2.45, 2.75) is 38.6 Å². The molecule has 20 heavy (non-hydrogen) atoms. The topological polar surface area (TPSA) is 90.0 Å². The molecule has 1 aliphatic heterocycles. The van der Waals surface area contributed by atoms with E-state index in [1.54, 1.807) is 18.9 Å². The highest BCUT2D eigenvalue weighted by molar-refractivity contribution is 5.84. The first kappa shape index (κ1) is 16.3. The molecule has 0 aromatic heterocycles. The summed E-state index contributed by atoms with van der Waals surface area (Å²) < 4.78 is 0. The van der Waals surface area contributed by atoms with Crippen LogP contribution < -0.4 is 5.32 Å². The van der Waals surface area contributed by atoms with Crippen LogP contribution in [0.5, 0.6) is 0 Å². The van der Waals surface area contributed by atoms with Gasteiger partial charge in [-0.05, 0) is 26.2 Å². The van der Waals surface area contributed by atoms with Crippen LogP contribution in [0.3, 0.4) is 0 Å². The van der Waals surface area contributed by atoms with Gasteiger partial charge < -0.3 is 20.2 Å². The minimum Gasteiger partial charge on any atom is -0.481 e. The monoisotopic (exact) mass is 285 g/mol. The Labute approximate surface area is 118 Å². The molecular weight excluding hydrogens is 262 g/mol. The molecule has 1 rings (SSSR count). The van der Waals surface area contributed by atoms with Crippen molar-refractivity contribution in [1.82, 2.24) is 15.1 Å². The zero-order valence-electron chi connectivity index (χ0n) is 12.1. The molecule has 7 heteroatoms. The third kappa shape index (κ3) is 5.46. The average Bonchev–Trinajstić information content (AvgIpc) is 2.90. The summed E-state index contributed by atoms with van der Waals surface area (Å²) in [5, 5.41) is 11.3. The summed E-state index contributed by atoms with van der Waals surface area (Å²) in [6, 6.07) is -0.585. The smallest absolute Gasteiger partial charge is 0.317 e. The number of hydrogen-bond acceptors (Lipinski definition) is 3. The Balaban J connectivity index is 2.30. The van der Waals surface area contributed by atoms with Crippen LogP contribution in [0.2, 0.25) is 0 Å². The molecule has 2 N–H and O–H groups in total. The van der Waals surface area contributed by atoms with Gasteiger partial charge in [-0.15, -0.1) is 0 Å². The maximum Gasteiger partial charge on any atom is 0.317 e. The molecule has 0 saturated carbocycles. The number of hydrogen-bond donors (Lipinski definition) is 2. The first-order valence-electron chi connectivity index (χ1n) is 6.91. The Morgan fingerprint density at radius 2 is 1.90 bits per heavy atom. The van der Waals surface area contributed by atoms with E-state index in [1.807, 2.05) is 0 Å². The number of nitrogens with zero attached hydrogens (tertiary/aromatic N) is 2. The van der Waals surface area contributed by atoms with Crippen LogP contribution in [0.25, 0.3) is 0 Å². The van der Waals surface area contributed by atoms with Gasteiger partial charge in [-0.1, -0.05) is 0 Å².